The van der Waals surface area contributed by atoms with Crippen LogP contribution in [0.4, 0.5) is 10.9 Å². The third-order valence-electron chi connectivity index (χ3n) is 2.58. The Morgan fingerprint density at radius 3 is 2.89 bits per heavy atom. The first-order chi connectivity index (χ1) is 8.72. The zero-order chi connectivity index (χ0) is 12.5. The summed E-state index contributed by atoms with van der Waals surface area (Å²) in [6.45, 7) is 2.04. The predicted octanol–water partition coefficient (Wildman–Crippen LogP) is 4.51. The molecule has 3 aromatic rings. The molecule has 18 heavy (non-hydrogen) atoms. The smallest absolute Gasteiger partial charge is 0.189 e. The van der Waals surface area contributed by atoms with Crippen LogP contribution in [0.3, 0.4) is 0 Å². The fourth-order valence-corrected chi connectivity index (χ4v) is 2.73. The molecule has 0 bridgehead atoms. The lowest BCUT2D eigenvalue weighted by Gasteiger charge is -2.03. The molecule has 0 aliphatic rings. The Balaban J connectivity index is 1.93. The molecule has 0 saturated carbocycles. The fraction of sp³-hybridized carbons (Fsp3) is 0.0769. The minimum absolute atomic E-state index is 0.815. The molecule has 2 heterocycles. The molecule has 0 saturated heterocycles. The van der Waals surface area contributed by atoms with Crippen molar-refractivity contribution in [1.29, 1.82) is 0 Å². The summed E-state index contributed by atoms with van der Waals surface area (Å²) in [4.78, 5) is 8.83. The average molecular weight is 320 g/mol. The lowest BCUT2D eigenvalue weighted by atomic mass is 10.3. The second kappa shape index (κ2) is 4.66. The topological polar surface area (TPSA) is 37.8 Å². The van der Waals surface area contributed by atoms with Crippen LogP contribution in [0.5, 0.6) is 0 Å². The number of anilines is 2. The molecule has 0 atom stereocenters. The van der Waals surface area contributed by atoms with Gasteiger partial charge >= 0.3 is 0 Å². The van der Waals surface area contributed by atoms with E-state index in [1.165, 1.54) is 4.70 Å². The highest BCUT2D eigenvalue weighted by molar-refractivity contribution is 9.10. The monoisotopic (exact) mass is 319 g/mol. The maximum atomic E-state index is 4.52. The highest BCUT2D eigenvalue weighted by Gasteiger charge is 2.04. The van der Waals surface area contributed by atoms with E-state index in [0.717, 1.165) is 26.5 Å². The van der Waals surface area contributed by atoms with Gasteiger partial charge in [-0.05, 0) is 46.6 Å². The summed E-state index contributed by atoms with van der Waals surface area (Å²) in [5.74, 6) is 0.815. The number of fused-ring (bicyclic) bond motifs is 1. The van der Waals surface area contributed by atoms with E-state index >= 15 is 0 Å². The second-order valence-corrected chi connectivity index (χ2v) is 5.82. The Labute approximate surface area is 117 Å². The van der Waals surface area contributed by atoms with Crippen molar-refractivity contribution in [3.05, 3.63) is 46.6 Å². The predicted molar refractivity (Wildman–Crippen MR) is 79.6 cm³/mol. The van der Waals surface area contributed by atoms with Crippen LogP contribution in [0, 0.1) is 6.92 Å². The molecule has 0 radical (unpaired) electrons. The molecular formula is C13H10BrN3S. The number of aromatic nitrogens is 2. The van der Waals surface area contributed by atoms with Crippen LogP contribution < -0.4 is 5.32 Å². The van der Waals surface area contributed by atoms with Gasteiger partial charge in [0.25, 0.3) is 0 Å². The molecule has 5 heteroatoms. The maximum absolute atomic E-state index is 4.52. The molecule has 3 rings (SSSR count). The van der Waals surface area contributed by atoms with Gasteiger partial charge in [-0.15, -0.1) is 0 Å². The first kappa shape index (κ1) is 11.6. The summed E-state index contributed by atoms with van der Waals surface area (Å²) in [6, 6.07) is 10.1. The molecule has 0 unspecified atom stereocenters. The molecule has 3 nitrogen and oxygen atoms in total. The summed E-state index contributed by atoms with van der Waals surface area (Å²) >= 11 is 5.07. The van der Waals surface area contributed by atoms with E-state index in [1.54, 1.807) is 17.5 Å². The highest BCUT2D eigenvalue weighted by Crippen LogP contribution is 2.28. The van der Waals surface area contributed by atoms with Crippen LogP contribution in [-0.4, -0.2) is 9.97 Å². The number of pyridine rings is 1. The van der Waals surface area contributed by atoms with Crippen molar-refractivity contribution >= 4 is 48.4 Å². The standard InChI is InChI=1S/C13H10BrN3S/c1-8-6-12(15-7-9(8)14)17-13-16-10-4-2-3-5-11(10)18-13/h2-7H,1H3,(H,15,16,17). The van der Waals surface area contributed by atoms with Gasteiger partial charge in [-0.2, -0.15) is 0 Å². The molecule has 0 spiro atoms. The van der Waals surface area contributed by atoms with E-state index in [9.17, 15) is 0 Å². The zero-order valence-electron chi connectivity index (χ0n) is 9.64. The van der Waals surface area contributed by atoms with Crippen molar-refractivity contribution in [3.8, 4) is 0 Å². The third-order valence-corrected chi connectivity index (χ3v) is 4.36. The van der Waals surface area contributed by atoms with E-state index in [-0.39, 0.29) is 0 Å². The van der Waals surface area contributed by atoms with Crippen molar-refractivity contribution in [2.45, 2.75) is 6.92 Å². The van der Waals surface area contributed by atoms with E-state index in [2.05, 4.69) is 37.3 Å². The Bertz CT molecular complexity index is 675. The number of rotatable bonds is 2. The van der Waals surface area contributed by atoms with Crippen LogP contribution in [-0.2, 0) is 0 Å². The number of benzene rings is 1. The van der Waals surface area contributed by atoms with E-state index in [1.807, 2.05) is 31.2 Å². The summed E-state index contributed by atoms with van der Waals surface area (Å²) in [7, 11) is 0. The van der Waals surface area contributed by atoms with Gasteiger partial charge in [-0.3, -0.25) is 0 Å². The number of hydrogen-bond acceptors (Lipinski definition) is 4. The maximum Gasteiger partial charge on any atom is 0.189 e. The van der Waals surface area contributed by atoms with Gasteiger partial charge < -0.3 is 5.32 Å². The molecule has 2 aromatic heterocycles. The summed E-state index contributed by atoms with van der Waals surface area (Å²) in [6.07, 6.45) is 1.80. The molecule has 1 N–H and O–H groups in total. The van der Waals surface area contributed by atoms with Gasteiger partial charge in [-0.25, -0.2) is 9.97 Å². The number of hydrogen-bond donors (Lipinski definition) is 1. The number of aryl methyl sites for hydroxylation is 1. The van der Waals surface area contributed by atoms with Crippen molar-refractivity contribution < 1.29 is 0 Å². The first-order valence-electron chi connectivity index (χ1n) is 5.47. The number of nitrogens with one attached hydrogen (secondary N) is 1. The van der Waals surface area contributed by atoms with Crippen LogP contribution >= 0.6 is 27.3 Å². The molecule has 0 aliphatic heterocycles. The van der Waals surface area contributed by atoms with Crippen molar-refractivity contribution in [1.82, 2.24) is 9.97 Å². The molecule has 0 amide bonds. The third kappa shape index (κ3) is 2.23. The Morgan fingerprint density at radius 2 is 2.11 bits per heavy atom. The van der Waals surface area contributed by atoms with Crippen LogP contribution in [0.15, 0.2) is 41.0 Å². The van der Waals surface area contributed by atoms with Gasteiger partial charge in [0.2, 0.25) is 0 Å². The van der Waals surface area contributed by atoms with E-state index in [4.69, 9.17) is 0 Å². The SMILES string of the molecule is Cc1cc(Nc2nc3ccccc3s2)ncc1Br. The Kier molecular flexibility index (Phi) is 3.01. The molecular weight excluding hydrogens is 310 g/mol. The molecule has 1 aromatic carbocycles. The first-order valence-corrected chi connectivity index (χ1v) is 7.08. The van der Waals surface area contributed by atoms with Crippen molar-refractivity contribution in [2.75, 3.05) is 5.32 Å². The van der Waals surface area contributed by atoms with E-state index in [0.29, 0.717) is 0 Å². The van der Waals surface area contributed by atoms with Crippen LogP contribution in [0.2, 0.25) is 0 Å². The Morgan fingerprint density at radius 1 is 1.28 bits per heavy atom. The number of halogens is 1. The minimum atomic E-state index is 0.815. The van der Waals surface area contributed by atoms with Gasteiger partial charge in [0, 0.05) is 10.7 Å². The van der Waals surface area contributed by atoms with Gasteiger partial charge in [-0.1, -0.05) is 23.5 Å². The van der Waals surface area contributed by atoms with Gasteiger partial charge in [0.15, 0.2) is 5.13 Å². The lowest BCUT2D eigenvalue weighted by Crippen LogP contribution is -1.93. The van der Waals surface area contributed by atoms with Crippen molar-refractivity contribution in [3.63, 3.8) is 0 Å². The van der Waals surface area contributed by atoms with Gasteiger partial charge in [0.1, 0.15) is 5.82 Å². The number of thiazole rings is 1. The van der Waals surface area contributed by atoms with Crippen molar-refractivity contribution in [2.24, 2.45) is 0 Å². The summed E-state index contributed by atoms with van der Waals surface area (Å²) < 4.78 is 2.19. The minimum Gasteiger partial charge on any atom is -0.316 e. The summed E-state index contributed by atoms with van der Waals surface area (Å²) in [5.41, 5.74) is 2.16. The fourth-order valence-electron chi connectivity index (χ4n) is 1.64. The van der Waals surface area contributed by atoms with Gasteiger partial charge in [0.05, 0.1) is 10.2 Å². The quantitative estimate of drug-likeness (QED) is 0.755. The van der Waals surface area contributed by atoms with Crippen LogP contribution in [0.1, 0.15) is 5.56 Å². The molecule has 90 valence electrons. The molecule has 0 aliphatic carbocycles. The average Bonchev–Trinajstić information content (AvgIpc) is 2.76. The van der Waals surface area contributed by atoms with Crippen LogP contribution in [0.25, 0.3) is 10.2 Å². The van der Waals surface area contributed by atoms with E-state index < -0.39 is 0 Å². The number of para-hydroxylation sites is 1. The second-order valence-electron chi connectivity index (χ2n) is 3.93. The normalized spacial score (nSPS) is 10.8. The molecule has 0 fully saturated rings. The Hall–Kier alpha value is -1.46. The zero-order valence-corrected chi connectivity index (χ0v) is 12.0. The highest BCUT2D eigenvalue weighted by atomic mass is 79.9. The summed E-state index contributed by atoms with van der Waals surface area (Å²) in [5, 5.41) is 4.10. The number of nitrogens with zero attached hydrogens (tertiary/aromatic N) is 2. The largest absolute Gasteiger partial charge is 0.316 e. The lowest BCUT2D eigenvalue weighted by molar-refractivity contribution is 1.25.